The highest BCUT2D eigenvalue weighted by Crippen LogP contribution is 2.39. The third-order valence-corrected chi connectivity index (χ3v) is 7.02. The van der Waals surface area contributed by atoms with Crippen LogP contribution < -0.4 is 5.11 Å². The number of benzene rings is 2. The zero-order valence-corrected chi connectivity index (χ0v) is 21.9. The lowest BCUT2D eigenvalue weighted by Gasteiger charge is -2.48. The van der Waals surface area contributed by atoms with Crippen LogP contribution in [0.5, 0.6) is 0 Å². The minimum atomic E-state index is -4.77. The molecule has 0 radical (unpaired) electrons. The Morgan fingerprint density at radius 3 is 2.06 bits per heavy atom. The number of hydrogen-bond donors (Lipinski definition) is 1. The third-order valence-electron chi connectivity index (χ3n) is 5.54. The Morgan fingerprint density at radius 1 is 0.972 bits per heavy atom. The summed E-state index contributed by atoms with van der Waals surface area (Å²) in [6.07, 6.45) is -8.25. The average Bonchev–Trinajstić information content (AvgIpc) is 2.78. The Labute approximate surface area is 226 Å². The van der Waals surface area contributed by atoms with Crippen LogP contribution in [0.25, 0.3) is 0 Å². The summed E-state index contributed by atoms with van der Waals surface area (Å²) in [6.45, 7) is -1.20. The first-order valence-corrected chi connectivity index (χ1v) is 12.0. The lowest BCUT2D eigenvalue weighted by molar-refractivity contribution is -0.274. The number of alkyl halides is 3. The molecular formula is C23H22Cl4F3N2O4-. The van der Waals surface area contributed by atoms with Crippen molar-refractivity contribution in [2.45, 2.75) is 37.5 Å². The molecule has 13 heteroatoms. The highest BCUT2D eigenvalue weighted by atomic mass is 35.5. The molecule has 6 nitrogen and oxygen atoms in total. The van der Waals surface area contributed by atoms with Crippen molar-refractivity contribution in [2.75, 3.05) is 20.2 Å². The van der Waals surface area contributed by atoms with Crippen LogP contribution in [0.2, 0.25) is 20.1 Å². The number of nitrogens with zero attached hydrogens (tertiary/aromatic N) is 2. The molecule has 0 aromatic heterocycles. The van der Waals surface area contributed by atoms with E-state index >= 15 is 0 Å². The highest BCUT2D eigenvalue weighted by molar-refractivity contribution is 6.42. The van der Waals surface area contributed by atoms with E-state index in [0.29, 0.717) is 5.56 Å². The SMILES string of the molecule is CN(C[C@](CCCO)(c1ccc(Cl)c(Cl)c1)N(Cc1ccc(Cl)c(Cl)c1)C(=O)[O-])C(=O)CC(F)(F)F. The first kappa shape index (κ1) is 30.3. The zero-order valence-electron chi connectivity index (χ0n) is 18.9. The molecule has 0 saturated heterocycles. The topological polar surface area (TPSA) is 83.9 Å². The molecule has 2 amide bonds. The Bertz CT molecular complexity index is 1100. The summed E-state index contributed by atoms with van der Waals surface area (Å²) in [6, 6.07) is 8.64. The predicted molar refractivity (Wildman–Crippen MR) is 130 cm³/mol. The van der Waals surface area contributed by atoms with Crippen LogP contribution in [-0.2, 0) is 16.9 Å². The molecule has 2 rings (SSSR count). The summed E-state index contributed by atoms with van der Waals surface area (Å²) in [5.41, 5.74) is -1.05. The summed E-state index contributed by atoms with van der Waals surface area (Å²) >= 11 is 24.3. The number of amides is 2. The van der Waals surface area contributed by atoms with E-state index in [0.717, 1.165) is 16.8 Å². The standard InChI is InChI=1S/C23H23Cl4F3N2O4/c1-31(20(34)11-23(28,29)30)13-22(7-2-8-33,15-4-6-17(25)19(27)10-15)32(21(35)36)12-14-3-5-16(24)18(26)9-14/h3-6,9-10,33H,2,7-8,11-13H2,1H3,(H,35,36)/p-1/t22-/m1/s1. The van der Waals surface area contributed by atoms with Crippen molar-refractivity contribution in [3.63, 3.8) is 0 Å². The van der Waals surface area contributed by atoms with Crippen molar-refractivity contribution < 1.29 is 33.0 Å². The smallest absolute Gasteiger partial charge is 0.397 e. The second-order valence-corrected chi connectivity index (χ2v) is 9.76. The van der Waals surface area contributed by atoms with Crippen molar-refractivity contribution >= 4 is 58.4 Å². The number of halogens is 7. The van der Waals surface area contributed by atoms with Crippen LogP contribution in [0.3, 0.4) is 0 Å². The van der Waals surface area contributed by atoms with E-state index in [1.165, 1.54) is 36.4 Å². The highest BCUT2D eigenvalue weighted by Gasteiger charge is 2.42. The van der Waals surface area contributed by atoms with E-state index < -0.39 is 36.7 Å². The van der Waals surface area contributed by atoms with Gasteiger partial charge in [0.05, 0.1) is 25.6 Å². The van der Waals surface area contributed by atoms with Crippen molar-refractivity contribution in [1.82, 2.24) is 9.80 Å². The zero-order chi connectivity index (χ0) is 27.3. The number of carbonyl (C=O) groups is 2. The van der Waals surface area contributed by atoms with Gasteiger partial charge in [-0.1, -0.05) is 58.5 Å². The van der Waals surface area contributed by atoms with Gasteiger partial charge < -0.3 is 24.8 Å². The molecule has 1 N–H and O–H groups in total. The van der Waals surface area contributed by atoms with Gasteiger partial charge >= 0.3 is 6.18 Å². The normalized spacial score (nSPS) is 13.2. The monoisotopic (exact) mass is 587 g/mol. The van der Waals surface area contributed by atoms with E-state index in [1.807, 2.05) is 0 Å². The fourth-order valence-corrected chi connectivity index (χ4v) is 4.46. The van der Waals surface area contributed by atoms with Crippen LogP contribution in [0.1, 0.15) is 30.4 Å². The molecule has 0 bridgehead atoms. The minimum Gasteiger partial charge on any atom is -0.530 e. The van der Waals surface area contributed by atoms with Gasteiger partial charge in [0.2, 0.25) is 5.91 Å². The Hall–Kier alpha value is -1.91. The number of carbonyl (C=O) groups excluding carboxylic acids is 2. The maximum atomic E-state index is 12.9. The lowest BCUT2D eigenvalue weighted by Crippen LogP contribution is -2.59. The van der Waals surface area contributed by atoms with Gasteiger partial charge in [-0.3, -0.25) is 4.79 Å². The van der Waals surface area contributed by atoms with Gasteiger partial charge in [-0.05, 0) is 48.2 Å². The van der Waals surface area contributed by atoms with E-state index in [-0.39, 0.29) is 51.6 Å². The maximum absolute atomic E-state index is 12.9. The third kappa shape index (κ3) is 7.79. The molecule has 0 aliphatic heterocycles. The maximum Gasteiger partial charge on any atom is 0.397 e. The van der Waals surface area contributed by atoms with Crippen LogP contribution >= 0.6 is 46.4 Å². The predicted octanol–water partition coefficient (Wildman–Crippen LogP) is 5.52. The molecule has 0 spiro atoms. The largest absolute Gasteiger partial charge is 0.530 e. The molecule has 1 atom stereocenters. The summed E-state index contributed by atoms with van der Waals surface area (Å²) < 4.78 is 38.7. The average molecular weight is 589 g/mol. The van der Waals surface area contributed by atoms with Gasteiger partial charge in [-0.15, -0.1) is 0 Å². The lowest BCUT2D eigenvalue weighted by atomic mass is 9.82. The number of carboxylic acid groups (broad SMARTS) is 1. The van der Waals surface area contributed by atoms with Crippen LogP contribution in [0.4, 0.5) is 18.0 Å². The van der Waals surface area contributed by atoms with Gasteiger partial charge in [0.1, 0.15) is 12.5 Å². The van der Waals surface area contributed by atoms with Gasteiger partial charge in [0.25, 0.3) is 0 Å². The van der Waals surface area contributed by atoms with Crippen molar-refractivity contribution in [1.29, 1.82) is 0 Å². The molecule has 2 aromatic rings. The van der Waals surface area contributed by atoms with Crippen molar-refractivity contribution in [2.24, 2.45) is 0 Å². The fraction of sp³-hybridized carbons (Fsp3) is 0.391. The van der Waals surface area contributed by atoms with E-state index in [9.17, 15) is 33.0 Å². The molecule has 0 fully saturated rings. The number of aliphatic hydroxyl groups excluding tert-OH is 1. The minimum absolute atomic E-state index is 0.0344. The Balaban J connectivity index is 2.69. The fourth-order valence-electron chi connectivity index (χ4n) is 3.85. The first-order chi connectivity index (χ1) is 16.7. The molecule has 0 aliphatic rings. The van der Waals surface area contributed by atoms with Gasteiger partial charge in [0, 0.05) is 26.7 Å². The summed E-state index contributed by atoms with van der Waals surface area (Å²) in [4.78, 5) is 26.6. The quantitative estimate of drug-likeness (QED) is 0.396. The van der Waals surface area contributed by atoms with Crippen LogP contribution in [-0.4, -0.2) is 53.3 Å². The first-order valence-electron chi connectivity index (χ1n) is 10.5. The van der Waals surface area contributed by atoms with E-state index in [1.54, 1.807) is 0 Å². The number of hydrogen-bond acceptors (Lipinski definition) is 4. The van der Waals surface area contributed by atoms with E-state index in [2.05, 4.69) is 0 Å². The van der Waals surface area contributed by atoms with Gasteiger partial charge in [-0.25, -0.2) is 0 Å². The van der Waals surface area contributed by atoms with E-state index in [4.69, 9.17) is 46.4 Å². The molecule has 0 aliphatic carbocycles. The molecular weight excluding hydrogens is 567 g/mol. The second kappa shape index (κ2) is 12.6. The van der Waals surface area contributed by atoms with Crippen LogP contribution in [0.15, 0.2) is 36.4 Å². The van der Waals surface area contributed by atoms with Gasteiger partial charge in [-0.2, -0.15) is 13.2 Å². The van der Waals surface area contributed by atoms with Crippen molar-refractivity contribution in [3.05, 3.63) is 67.6 Å². The molecule has 0 heterocycles. The Kier molecular flexibility index (Phi) is 10.6. The Morgan fingerprint density at radius 2 is 1.56 bits per heavy atom. The molecule has 0 unspecified atom stereocenters. The summed E-state index contributed by atoms with van der Waals surface area (Å²) in [5, 5.41) is 22.7. The number of rotatable bonds is 10. The molecule has 2 aromatic carbocycles. The van der Waals surface area contributed by atoms with Crippen molar-refractivity contribution in [3.8, 4) is 0 Å². The molecule has 36 heavy (non-hydrogen) atoms. The number of likely N-dealkylation sites (N-methyl/N-ethyl adjacent to an activating group) is 1. The number of aliphatic hydroxyl groups is 1. The molecule has 198 valence electrons. The van der Waals surface area contributed by atoms with Gasteiger partial charge in [0.15, 0.2) is 0 Å². The molecule has 0 saturated carbocycles. The van der Waals surface area contributed by atoms with Crippen LogP contribution in [0, 0.1) is 0 Å². The summed E-state index contributed by atoms with van der Waals surface area (Å²) in [5.74, 6) is -1.27. The second-order valence-electron chi connectivity index (χ2n) is 8.13. The summed E-state index contributed by atoms with van der Waals surface area (Å²) in [7, 11) is 1.13.